The summed E-state index contributed by atoms with van der Waals surface area (Å²) in [7, 11) is 0. The first-order valence-electron chi connectivity index (χ1n) is 4.54. The van der Waals surface area contributed by atoms with Crippen molar-refractivity contribution in [2.24, 2.45) is 0 Å². The molecular formula is C10H12N2O. The molecule has 0 radical (unpaired) electrons. The molecule has 0 saturated carbocycles. The van der Waals surface area contributed by atoms with E-state index in [0.29, 0.717) is 0 Å². The lowest BCUT2D eigenvalue weighted by Gasteiger charge is -2.18. The molecule has 1 aliphatic heterocycles. The van der Waals surface area contributed by atoms with E-state index in [1.54, 1.807) is 6.20 Å². The van der Waals surface area contributed by atoms with Crippen LogP contribution in [0.1, 0.15) is 24.6 Å². The largest absolute Gasteiger partial charge is 0.337 e. The lowest BCUT2D eigenvalue weighted by atomic mass is 10.1. The van der Waals surface area contributed by atoms with Crippen LogP contribution < -0.4 is 0 Å². The van der Waals surface area contributed by atoms with Crippen LogP contribution in [0.5, 0.6) is 0 Å². The first-order valence-corrected chi connectivity index (χ1v) is 4.54. The minimum atomic E-state index is 0.207. The number of carbonyl (C=O) groups is 1. The average Bonchev–Trinajstić information content (AvgIpc) is 2.67. The maximum absolute atomic E-state index is 10.7. The van der Waals surface area contributed by atoms with Crippen molar-refractivity contribution in [3.63, 3.8) is 0 Å². The molecule has 1 aromatic rings. The number of hydrogen-bond acceptors (Lipinski definition) is 2. The van der Waals surface area contributed by atoms with Gasteiger partial charge in [-0.05, 0) is 25.0 Å². The highest BCUT2D eigenvalue weighted by atomic mass is 16.1. The van der Waals surface area contributed by atoms with E-state index in [1.165, 1.54) is 0 Å². The Bertz CT molecular complexity index is 286. The van der Waals surface area contributed by atoms with Gasteiger partial charge in [0.25, 0.3) is 0 Å². The standard InChI is InChI=1S/C10H12N2O/c13-8-12-7-3-5-10(12)9-4-1-2-6-11-9/h1-2,4,6,8,10H,3,5,7H2/t10-/m0/s1. The Labute approximate surface area is 77.4 Å². The van der Waals surface area contributed by atoms with Gasteiger partial charge in [0.15, 0.2) is 0 Å². The third kappa shape index (κ3) is 1.54. The second-order valence-electron chi connectivity index (χ2n) is 3.26. The predicted molar refractivity (Wildman–Crippen MR) is 49.0 cm³/mol. The van der Waals surface area contributed by atoms with Crippen LogP contribution in [-0.2, 0) is 4.79 Å². The molecule has 3 nitrogen and oxygen atoms in total. The van der Waals surface area contributed by atoms with E-state index >= 15 is 0 Å². The van der Waals surface area contributed by atoms with Crippen molar-refractivity contribution in [1.29, 1.82) is 0 Å². The zero-order valence-electron chi connectivity index (χ0n) is 7.39. The first kappa shape index (κ1) is 8.23. The van der Waals surface area contributed by atoms with Gasteiger partial charge in [0.05, 0.1) is 11.7 Å². The summed E-state index contributed by atoms with van der Waals surface area (Å²) < 4.78 is 0. The Morgan fingerprint density at radius 3 is 3.15 bits per heavy atom. The summed E-state index contributed by atoms with van der Waals surface area (Å²) in [5.74, 6) is 0. The van der Waals surface area contributed by atoms with Crippen molar-refractivity contribution in [3.05, 3.63) is 30.1 Å². The van der Waals surface area contributed by atoms with Gasteiger partial charge in [-0.25, -0.2) is 0 Å². The van der Waals surface area contributed by atoms with E-state index in [-0.39, 0.29) is 6.04 Å². The van der Waals surface area contributed by atoms with E-state index in [4.69, 9.17) is 0 Å². The molecule has 1 atom stereocenters. The second-order valence-corrected chi connectivity index (χ2v) is 3.26. The smallest absolute Gasteiger partial charge is 0.210 e. The average molecular weight is 176 g/mol. The number of likely N-dealkylation sites (tertiary alicyclic amines) is 1. The molecule has 0 spiro atoms. The molecule has 0 aromatic carbocycles. The van der Waals surface area contributed by atoms with E-state index in [0.717, 1.165) is 31.5 Å². The minimum Gasteiger partial charge on any atom is -0.337 e. The molecule has 1 amide bonds. The fourth-order valence-electron chi connectivity index (χ4n) is 1.81. The van der Waals surface area contributed by atoms with Crippen LogP contribution in [0.15, 0.2) is 24.4 Å². The number of hydrogen-bond donors (Lipinski definition) is 0. The summed E-state index contributed by atoms with van der Waals surface area (Å²) in [4.78, 5) is 16.8. The minimum absolute atomic E-state index is 0.207. The van der Waals surface area contributed by atoms with Crippen molar-refractivity contribution in [2.75, 3.05) is 6.54 Å². The van der Waals surface area contributed by atoms with Crippen LogP contribution >= 0.6 is 0 Å². The Hall–Kier alpha value is -1.38. The monoisotopic (exact) mass is 176 g/mol. The Balaban J connectivity index is 2.21. The zero-order valence-corrected chi connectivity index (χ0v) is 7.39. The van der Waals surface area contributed by atoms with Crippen molar-refractivity contribution in [2.45, 2.75) is 18.9 Å². The van der Waals surface area contributed by atoms with E-state index in [9.17, 15) is 4.79 Å². The van der Waals surface area contributed by atoms with Crippen LogP contribution in [0.2, 0.25) is 0 Å². The second kappa shape index (κ2) is 3.56. The van der Waals surface area contributed by atoms with Crippen molar-refractivity contribution in [1.82, 2.24) is 9.88 Å². The SMILES string of the molecule is O=CN1CCC[C@H]1c1ccccn1. The molecule has 0 aliphatic carbocycles. The lowest BCUT2D eigenvalue weighted by Crippen LogP contribution is -2.21. The van der Waals surface area contributed by atoms with Gasteiger partial charge in [0, 0.05) is 12.7 Å². The van der Waals surface area contributed by atoms with E-state index < -0.39 is 0 Å². The molecule has 68 valence electrons. The Morgan fingerprint density at radius 2 is 2.46 bits per heavy atom. The Kier molecular flexibility index (Phi) is 2.25. The highest BCUT2D eigenvalue weighted by Gasteiger charge is 2.24. The van der Waals surface area contributed by atoms with E-state index in [1.807, 2.05) is 23.1 Å². The summed E-state index contributed by atoms with van der Waals surface area (Å²) in [5, 5.41) is 0. The maximum atomic E-state index is 10.7. The maximum Gasteiger partial charge on any atom is 0.210 e. The van der Waals surface area contributed by atoms with Gasteiger partial charge in [0.2, 0.25) is 6.41 Å². The molecule has 1 saturated heterocycles. The molecular weight excluding hydrogens is 164 g/mol. The molecule has 0 N–H and O–H groups in total. The van der Waals surface area contributed by atoms with Crippen molar-refractivity contribution < 1.29 is 4.79 Å². The van der Waals surface area contributed by atoms with Crippen LogP contribution in [0, 0.1) is 0 Å². The fraction of sp³-hybridized carbons (Fsp3) is 0.400. The van der Waals surface area contributed by atoms with Crippen molar-refractivity contribution in [3.8, 4) is 0 Å². The highest BCUT2D eigenvalue weighted by Crippen LogP contribution is 2.28. The van der Waals surface area contributed by atoms with Gasteiger partial charge in [-0.2, -0.15) is 0 Å². The summed E-state index contributed by atoms with van der Waals surface area (Å²) in [6.07, 6.45) is 4.82. The number of aromatic nitrogens is 1. The molecule has 2 heterocycles. The van der Waals surface area contributed by atoms with Crippen LogP contribution in [-0.4, -0.2) is 22.8 Å². The quantitative estimate of drug-likeness (QED) is 0.638. The van der Waals surface area contributed by atoms with Gasteiger partial charge in [0.1, 0.15) is 0 Å². The zero-order chi connectivity index (χ0) is 9.10. The van der Waals surface area contributed by atoms with Crippen LogP contribution in [0.4, 0.5) is 0 Å². The third-order valence-electron chi connectivity index (χ3n) is 2.46. The summed E-state index contributed by atoms with van der Waals surface area (Å²) in [6, 6.07) is 6.04. The number of nitrogens with zero attached hydrogens (tertiary/aromatic N) is 2. The molecule has 0 bridgehead atoms. The number of amides is 1. The predicted octanol–water partition coefficient (Wildman–Crippen LogP) is 1.37. The summed E-state index contributed by atoms with van der Waals surface area (Å²) in [6.45, 7) is 0.866. The number of rotatable bonds is 2. The number of pyridine rings is 1. The number of carbonyl (C=O) groups excluding carboxylic acids is 1. The molecule has 3 heteroatoms. The molecule has 0 unspecified atom stereocenters. The van der Waals surface area contributed by atoms with E-state index in [2.05, 4.69) is 4.98 Å². The van der Waals surface area contributed by atoms with Gasteiger partial charge in [-0.15, -0.1) is 0 Å². The molecule has 1 aromatic heterocycles. The first-order chi connectivity index (χ1) is 6.42. The molecule has 1 fully saturated rings. The highest BCUT2D eigenvalue weighted by molar-refractivity contribution is 5.49. The Morgan fingerprint density at radius 1 is 1.54 bits per heavy atom. The summed E-state index contributed by atoms with van der Waals surface area (Å²) >= 11 is 0. The molecule has 13 heavy (non-hydrogen) atoms. The molecule has 2 rings (SSSR count). The van der Waals surface area contributed by atoms with Gasteiger partial charge in [-0.1, -0.05) is 6.07 Å². The molecule has 1 aliphatic rings. The normalized spacial score (nSPS) is 21.8. The summed E-state index contributed by atoms with van der Waals surface area (Å²) in [5.41, 5.74) is 1.01. The van der Waals surface area contributed by atoms with Crippen LogP contribution in [0.25, 0.3) is 0 Å². The third-order valence-corrected chi connectivity index (χ3v) is 2.46. The van der Waals surface area contributed by atoms with Gasteiger partial charge >= 0.3 is 0 Å². The lowest BCUT2D eigenvalue weighted by molar-refractivity contribution is -0.119. The van der Waals surface area contributed by atoms with Gasteiger partial charge < -0.3 is 4.90 Å². The van der Waals surface area contributed by atoms with Crippen molar-refractivity contribution >= 4 is 6.41 Å². The van der Waals surface area contributed by atoms with Gasteiger partial charge in [-0.3, -0.25) is 9.78 Å². The fourth-order valence-corrected chi connectivity index (χ4v) is 1.81. The van der Waals surface area contributed by atoms with Crippen LogP contribution in [0.3, 0.4) is 0 Å². The topological polar surface area (TPSA) is 33.2 Å².